The van der Waals surface area contributed by atoms with Crippen molar-refractivity contribution in [1.82, 2.24) is 0 Å². The molecule has 0 fully saturated rings. The van der Waals surface area contributed by atoms with Crippen LogP contribution >= 0.6 is 7.82 Å². The molecule has 0 spiro atoms. The molecule has 0 heterocycles. The van der Waals surface area contributed by atoms with E-state index in [2.05, 4.69) is 9.46 Å². The van der Waals surface area contributed by atoms with Gasteiger partial charge in [0.15, 0.2) is 0 Å². The van der Waals surface area contributed by atoms with Gasteiger partial charge in [0.1, 0.15) is 0 Å². The van der Waals surface area contributed by atoms with Crippen LogP contribution in [0, 0.1) is 0 Å². The molecule has 0 aliphatic rings. The van der Waals surface area contributed by atoms with Crippen molar-refractivity contribution in [1.29, 1.82) is 0 Å². The number of halogens is 6. The average molecular weight is 245 g/mol. The van der Waals surface area contributed by atoms with E-state index in [0.717, 1.165) is 0 Å². The minimum atomic E-state index is -6.00. The van der Waals surface area contributed by atoms with E-state index < -0.39 is 15.1 Å². The first-order valence-corrected chi connectivity index (χ1v) is 3.42. The van der Waals surface area contributed by atoms with Crippen molar-refractivity contribution in [2.24, 2.45) is 0 Å². The molecule has 4 nitrogen and oxygen atoms in total. The standard InChI is InChI=1S/BF4.F2HO4P.Na.H/c2-1(3,4)5;1-5-7(3,4)6-2;;/h;(H,3,4);;/q-1;;;. The average Bonchev–Trinajstić information content (AvgIpc) is 1.85. The normalized spacial score (nSPS) is 11.0. The Balaban J connectivity index is -0.000000150. The molecule has 0 saturated carbocycles. The molecule has 0 aliphatic heterocycles. The molecule has 13 heteroatoms. The Morgan fingerprint density at radius 2 is 1.23 bits per heavy atom. The molecule has 0 unspecified atom stereocenters. The molecule has 0 atom stereocenters. The molecule has 0 amide bonds. The summed E-state index contributed by atoms with van der Waals surface area (Å²) < 4.78 is 73.3. The Labute approximate surface area is 90.0 Å². The Hall–Kier alpha value is 0.755. The molecule has 0 bridgehead atoms. The molecular formula is H2BF6NaO4P-. The summed E-state index contributed by atoms with van der Waals surface area (Å²) in [6, 6.07) is 0. The fourth-order valence-electron chi connectivity index (χ4n) is 0.0106. The predicted octanol–water partition coefficient (Wildman–Crippen LogP) is 1.54. The molecule has 0 aromatic carbocycles. The third kappa shape index (κ3) is 32.3. The SMILES string of the molecule is F[B-](F)(F)F.O=P(O)(OF)OF.[NaH]. The van der Waals surface area contributed by atoms with Gasteiger partial charge in [-0.3, -0.25) is 4.89 Å². The monoisotopic (exact) mass is 245 g/mol. The van der Waals surface area contributed by atoms with Gasteiger partial charge in [0.2, 0.25) is 0 Å². The van der Waals surface area contributed by atoms with Crippen molar-refractivity contribution in [2.75, 3.05) is 0 Å². The molecule has 0 aromatic heterocycles. The second kappa shape index (κ2) is 8.10. The van der Waals surface area contributed by atoms with Crippen LogP contribution in [0.1, 0.15) is 0 Å². The molecular weight excluding hydrogens is 243 g/mol. The summed E-state index contributed by atoms with van der Waals surface area (Å²) in [4.78, 5) is 7.49. The van der Waals surface area contributed by atoms with E-state index in [4.69, 9.17) is 4.89 Å². The van der Waals surface area contributed by atoms with Gasteiger partial charge in [0.25, 0.3) is 0 Å². The van der Waals surface area contributed by atoms with Gasteiger partial charge < -0.3 is 17.3 Å². The Bertz CT molecular complexity index is 145. The van der Waals surface area contributed by atoms with Crippen LogP contribution in [0.5, 0.6) is 0 Å². The number of hydrogen-bond donors (Lipinski definition) is 1. The molecule has 0 radical (unpaired) electrons. The molecule has 0 aromatic rings. The third-order valence-electron chi connectivity index (χ3n) is 0.174. The predicted molar refractivity (Wildman–Crippen MR) is 31.5 cm³/mol. The fourth-order valence-corrected chi connectivity index (χ4v) is 0.0319. The summed E-state index contributed by atoms with van der Waals surface area (Å²) in [7, 11) is -11.0. The van der Waals surface area contributed by atoms with Gasteiger partial charge in [0, 0.05) is 0 Å². The van der Waals surface area contributed by atoms with Gasteiger partial charge in [-0.1, -0.05) is 9.46 Å². The minimum absolute atomic E-state index is 0. The van der Waals surface area contributed by atoms with Gasteiger partial charge in [0.05, 0.1) is 0 Å². The summed E-state index contributed by atoms with van der Waals surface area (Å²) in [5.74, 6) is 0. The van der Waals surface area contributed by atoms with Crippen molar-refractivity contribution in [3.05, 3.63) is 0 Å². The molecule has 1 N–H and O–H groups in total. The van der Waals surface area contributed by atoms with Crippen LogP contribution in [-0.4, -0.2) is 41.7 Å². The summed E-state index contributed by atoms with van der Waals surface area (Å²) in [6.45, 7) is 0. The van der Waals surface area contributed by atoms with Crippen molar-refractivity contribution >= 4 is 44.6 Å². The maximum atomic E-state index is 10.4. The van der Waals surface area contributed by atoms with Crippen molar-refractivity contribution < 1.29 is 45.2 Å². The van der Waals surface area contributed by atoms with Crippen molar-refractivity contribution in [3.63, 3.8) is 0 Å². The second-order valence-electron chi connectivity index (χ2n) is 1.10. The van der Waals surface area contributed by atoms with Crippen LogP contribution in [0.4, 0.5) is 26.3 Å². The molecule has 13 heavy (non-hydrogen) atoms. The van der Waals surface area contributed by atoms with Gasteiger partial charge in [-0.05, 0) is 9.05 Å². The maximum absolute atomic E-state index is 10.4. The summed E-state index contributed by atoms with van der Waals surface area (Å²) in [6.07, 6.45) is 0. The van der Waals surface area contributed by atoms with Crippen LogP contribution in [0.3, 0.4) is 0 Å². The number of hydrogen-bond acceptors (Lipinski definition) is 3. The molecule has 78 valence electrons. The van der Waals surface area contributed by atoms with Gasteiger partial charge in [-0.25, -0.2) is 4.57 Å². The Morgan fingerprint density at radius 1 is 1.08 bits per heavy atom. The van der Waals surface area contributed by atoms with E-state index in [-0.39, 0.29) is 29.6 Å². The summed E-state index contributed by atoms with van der Waals surface area (Å²) in [5, 5.41) is 0. The van der Waals surface area contributed by atoms with Gasteiger partial charge in [-0.2, -0.15) is 0 Å². The number of rotatable bonds is 2. The first-order chi connectivity index (χ1) is 5.12. The van der Waals surface area contributed by atoms with E-state index in [0.29, 0.717) is 0 Å². The Kier molecular flexibility index (Phi) is 12.0. The molecule has 0 rings (SSSR count). The van der Waals surface area contributed by atoms with Crippen LogP contribution < -0.4 is 0 Å². The van der Waals surface area contributed by atoms with Crippen molar-refractivity contribution in [2.45, 2.75) is 0 Å². The van der Waals surface area contributed by atoms with E-state index >= 15 is 0 Å². The fraction of sp³-hybridized carbons (Fsp3) is 0. The zero-order valence-corrected chi connectivity index (χ0v) is 5.86. The van der Waals surface area contributed by atoms with Gasteiger partial charge in [-0.15, -0.1) is 0 Å². The topological polar surface area (TPSA) is 55.8 Å². The zero-order chi connectivity index (χ0) is 10.4. The first kappa shape index (κ1) is 19.3. The quantitative estimate of drug-likeness (QED) is 0.455. The van der Waals surface area contributed by atoms with E-state index in [1.54, 1.807) is 0 Å². The van der Waals surface area contributed by atoms with E-state index in [9.17, 15) is 30.9 Å². The Morgan fingerprint density at radius 3 is 1.23 bits per heavy atom. The van der Waals surface area contributed by atoms with Crippen LogP contribution in [0.15, 0.2) is 0 Å². The van der Waals surface area contributed by atoms with Crippen molar-refractivity contribution in [3.8, 4) is 0 Å². The molecule has 0 saturated heterocycles. The third-order valence-corrected chi connectivity index (χ3v) is 0.523. The van der Waals surface area contributed by atoms with Crippen LogP contribution in [0.25, 0.3) is 0 Å². The van der Waals surface area contributed by atoms with Gasteiger partial charge >= 0.3 is 44.6 Å². The molecule has 0 aliphatic carbocycles. The second-order valence-corrected chi connectivity index (χ2v) is 2.31. The zero-order valence-electron chi connectivity index (χ0n) is 4.96. The summed E-state index contributed by atoms with van der Waals surface area (Å²) >= 11 is 0. The van der Waals surface area contributed by atoms with Crippen LogP contribution in [-0.2, 0) is 14.0 Å². The number of phosphoric acid groups is 1. The van der Waals surface area contributed by atoms with E-state index in [1.807, 2.05) is 0 Å². The summed E-state index contributed by atoms with van der Waals surface area (Å²) in [5.41, 5.74) is 0. The first-order valence-electron chi connectivity index (χ1n) is 1.93. The van der Waals surface area contributed by atoms with Crippen LogP contribution in [0.2, 0.25) is 0 Å². The van der Waals surface area contributed by atoms with E-state index in [1.165, 1.54) is 0 Å².